The van der Waals surface area contributed by atoms with E-state index in [-0.39, 0.29) is 33.9 Å². The van der Waals surface area contributed by atoms with Gasteiger partial charge in [0.25, 0.3) is 0 Å². The molecule has 14 heteroatoms. The van der Waals surface area contributed by atoms with Crippen molar-refractivity contribution in [3.8, 4) is 0 Å². The summed E-state index contributed by atoms with van der Waals surface area (Å²) in [4.78, 5) is 51.8. The smallest absolute Gasteiger partial charge is 0.327 e. The molecule has 3 aliphatic rings. The Labute approximate surface area is 212 Å². The molecule has 4 rings (SSSR count). The van der Waals surface area contributed by atoms with Crippen LogP contribution in [-0.4, -0.2) is 90.4 Å². The molecule has 0 aromatic heterocycles. The van der Waals surface area contributed by atoms with Gasteiger partial charge in [0.1, 0.15) is 23.5 Å². The Kier molecular flexibility index (Phi) is 12.0. The van der Waals surface area contributed by atoms with Crippen LogP contribution in [0, 0.1) is 0 Å². The summed E-state index contributed by atoms with van der Waals surface area (Å²) >= 11 is 1.36. The van der Waals surface area contributed by atoms with Crippen LogP contribution in [0.25, 0.3) is 0 Å². The molecule has 0 spiro atoms. The Morgan fingerprint density at radius 2 is 1.75 bits per heavy atom. The van der Waals surface area contributed by atoms with E-state index in [1.54, 1.807) is 38.1 Å². The second kappa shape index (κ2) is 13.0. The van der Waals surface area contributed by atoms with Crippen LogP contribution in [0.1, 0.15) is 44.7 Å². The number of β-lactam (4-membered cyclic amide) rings is 1. The molecule has 0 bridgehead atoms. The van der Waals surface area contributed by atoms with Crippen molar-refractivity contribution < 1.29 is 46.2 Å². The van der Waals surface area contributed by atoms with Gasteiger partial charge in [0.15, 0.2) is 0 Å². The molecule has 12 N–H and O–H groups in total. The minimum absolute atomic E-state index is 0. The van der Waals surface area contributed by atoms with Crippen molar-refractivity contribution in [2.24, 2.45) is 0 Å². The molecular formula is C22H36N4O9S. The molecule has 2 unspecified atom stereocenters. The van der Waals surface area contributed by atoms with Gasteiger partial charge in [0.2, 0.25) is 17.7 Å². The predicted molar refractivity (Wildman–Crippen MR) is 133 cm³/mol. The van der Waals surface area contributed by atoms with Crippen LogP contribution in [-0.2, 0) is 19.2 Å². The summed E-state index contributed by atoms with van der Waals surface area (Å²) in [7, 11) is 0. The zero-order valence-electron chi connectivity index (χ0n) is 20.0. The van der Waals surface area contributed by atoms with Crippen molar-refractivity contribution in [1.29, 1.82) is 0 Å². The quantitative estimate of drug-likeness (QED) is 0.282. The minimum atomic E-state index is -1.06. The third-order valence-electron chi connectivity index (χ3n) is 6.28. The predicted octanol–water partition coefficient (Wildman–Crippen LogP) is -2.68. The fraction of sp³-hybridized carbons (Fsp3) is 0.545. The van der Waals surface area contributed by atoms with E-state index in [1.807, 2.05) is 6.07 Å². The van der Waals surface area contributed by atoms with Crippen LogP contribution < -0.4 is 16.0 Å². The van der Waals surface area contributed by atoms with E-state index >= 15 is 0 Å². The largest absolute Gasteiger partial charge is 0.480 e. The summed E-state index contributed by atoms with van der Waals surface area (Å²) in [6.07, 6.45) is 2.66. The molecule has 3 fully saturated rings. The molecule has 36 heavy (non-hydrogen) atoms. The Morgan fingerprint density at radius 3 is 2.31 bits per heavy atom. The summed E-state index contributed by atoms with van der Waals surface area (Å²) in [6, 6.07) is 5.80. The minimum Gasteiger partial charge on any atom is -0.480 e. The van der Waals surface area contributed by atoms with E-state index < -0.39 is 46.0 Å². The van der Waals surface area contributed by atoms with Crippen molar-refractivity contribution >= 4 is 35.5 Å². The van der Waals surface area contributed by atoms with E-state index in [0.29, 0.717) is 12.0 Å². The van der Waals surface area contributed by atoms with Gasteiger partial charge >= 0.3 is 5.97 Å². The molecule has 3 heterocycles. The van der Waals surface area contributed by atoms with E-state index in [9.17, 15) is 24.3 Å². The topological polar surface area (TPSA) is 254 Å². The summed E-state index contributed by atoms with van der Waals surface area (Å²) in [5.41, 5.74) is 0.612. The van der Waals surface area contributed by atoms with Gasteiger partial charge in [-0.1, -0.05) is 36.8 Å². The summed E-state index contributed by atoms with van der Waals surface area (Å²) < 4.78 is -0.675. The number of carbonyl (C=O) groups is 4. The highest BCUT2D eigenvalue weighted by Crippen LogP contribution is 2.50. The van der Waals surface area contributed by atoms with Crippen molar-refractivity contribution in [2.45, 2.75) is 67.4 Å². The van der Waals surface area contributed by atoms with Gasteiger partial charge in [-0.25, -0.2) is 4.79 Å². The zero-order valence-corrected chi connectivity index (χ0v) is 20.9. The number of piperidine rings is 1. The number of hydrogen-bond donors (Lipinski definition) is 4. The number of hydrogen-bond acceptors (Lipinski definition) is 6. The van der Waals surface area contributed by atoms with Crippen LogP contribution in [0.4, 0.5) is 0 Å². The van der Waals surface area contributed by atoms with Gasteiger partial charge in [-0.15, -0.1) is 11.8 Å². The monoisotopic (exact) mass is 532 g/mol. The highest BCUT2D eigenvalue weighted by molar-refractivity contribution is 8.01. The molecule has 5 atom stereocenters. The van der Waals surface area contributed by atoms with Gasteiger partial charge in [0.05, 0.1) is 6.04 Å². The number of carboxylic acid groups (broad SMARTS) is 1. The lowest BCUT2D eigenvalue weighted by atomic mass is 9.95. The van der Waals surface area contributed by atoms with Gasteiger partial charge < -0.3 is 47.9 Å². The first kappa shape index (κ1) is 33.2. The summed E-state index contributed by atoms with van der Waals surface area (Å²) in [5, 5.41) is 17.9. The number of carboxylic acids is 1. The number of benzene rings is 1. The molecule has 3 aliphatic heterocycles. The first-order chi connectivity index (χ1) is 15.2. The standard InChI is InChI=1S/C22H28N4O5S.4H2O/c1-22(2)16(21(30)31)26-19(29)15(20(26)32-22)25-18(28)14(12-8-4-3-5-9-12)24-17(27)13-10-6-7-11-23-13;;;;/h3-5,8-9,13-16,20,23H,6-7,10-11H2,1-2H3,(H,24,27)(H,25,28)(H,30,31);4*1H2/t13?,14?,15-,16+,20-;;;;/m1..../s1. The van der Waals surface area contributed by atoms with Gasteiger partial charge in [0, 0.05) is 4.75 Å². The van der Waals surface area contributed by atoms with Crippen LogP contribution >= 0.6 is 11.8 Å². The number of nitrogens with zero attached hydrogens (tertiary/aromatic N) is 1. The second-order valence-electron chi connectivity index (χ2n) is 8.94. The number of aliphatic carboxylic acids is 1. The summed E-state index contributed by atoms with van der Waals surface area (Å²) in [5.74, 6) is -2.22. The molecule has 0 radical (unpaired) electrons. The highest BCUT2D eigenvalue weighted by atomic mass is 32.2. The Bertz CT molecular complexity index is 927. The molecule has 0 aliphatic carbocycles. The average molecular weight is 533 g/mol. The molecule has 3 saturated heterocycles. The maximum absolute atomic E-state index is 13.2. The molecule has 1 aromatic rings. The average Bonchev–Trinajstić information content (AvgIpc) is 3.04. The number of rotatable bonds is 6. The van der Waals surface area contributed by atoms with Crippen LogP contribution in [0.5, 0.6) is 0 Å². The first-order valence-corrected chi connectivity index (χ1v) is 11.7. The van der Waals surface area contributed by atoms with Gasteiger partial charge in [-0.2, -0.15) is 0 Å². The number of fused-ring (bicyclic) bond motifs is 1. The third kappa shape index (κ3) is 6.14. The zero-order chi connectivity index (χ0) is 23.0. The number of nitrogens with one attached hydrogen (secondary N) is 3. The molecule has 3 amide bonds. The summed E-state index contributed by atoms with van der Waals surface area (Å²) in [6.45, 7) is 4.32. The van der Waals surface area contributed by atoms with Crippen molar-refractivity contribution in [2.75, 3.05) is 6.54 Å². The molecule has 1 aromatic carbocycles. The van der Waals surface area contributed by atoms with E-state index in [1.165, 1.54) is 16.7 Å². The van der Waals surface area contributed by atoms with Crippen molar-refractivity contribution in [1.82, 2.24) is 20.9 Å². The molecule has 0 saturated carbocycles. The van der Waals surface area contributed by atoms with Crippen LogP contribution in [0.3, 0.4) is 0 Å². The molecular weight excluding hydrogens is 496 g/mol. The van der Waals surface area contributed by atoms with E-state index in [2.05, 4.69) is 16.0 Å². The lowest BCUT2D eigenvalue weighted by molar-refractivity contribution is -0.161. The third-order valence-corrected chi connectivity index (χ3v) is 7.85. The van der Waals surface area contributed by atoms with Crippen LogP contribution in [0.2, 0.25) is 0 Å². The number of thioether (sulfide) groups is 1. The maximum atomic E-state index is 13.2. The van der Waals surface area contributed by atoms with E-state index in [4.69, 9.17) is 0 Å². The Balaban J connectivity index is 0.00000306. The normalized spacial score (nSPS) is 26.2. The molecule has 13 nitrogen and oxygen atoms in total. The Hall–Kier alpha value is -2.75. The maximum Gasteiger partial charge on any atom is 0.327 e. The first-order valence-electron chi connectivity index (χ1n) is 10.8. The number of amides is 3. The van der Waals surface area contributed by atoms with Crippen LogP contribution in [0.15, 0.2) is 30.3 Å². The second-order valence-corrected chi connectivity index (χ2v) is 10.7. The highest BCUT2D eigenvalue weighted by Gasteiger charge is 2.64. The van der Waals surface area contributed by atoms with Gasteiger partial charge in [-0.3, -0.25) is 14.4 Å². The lowest BCUT2D eigenvalue weighted by Gasteiger charge is -2.44. The van der Waals surface area contributed by atoms with E-state index in [0.717, 1.165) is 19.4 Å². The van der Waals surface area contributed by atoms with Gasteiger partial charge in [-0.05, 0) is 38.8 Å². The fourth-order valence-electron chi connectivity index (χ4n) is 4.65. The molecule has 204 valence electrons. The lowest BCUT2D eigenvalue weighted by Crippen LogP contribution is -2.71. The Morgan fingerprint density at radius 1 is 1.11 bits per heavy atom. The SMILES string of the molecule is CC1(C)S[C@@H]2[C@H](NC(=O)C(NC(=O)C3CCCCN3)c3ccccc3)C(=O)N2[C@H]1C(=O)O.O.O.O.O. The number of carbonyl (C=O) groups excluding carboxylic acids is 3. The van der Waals surface area contributed by atoms with Crippen molar-refractivity contribution in [3.05, 3.63) is 35.9 Å². The van der Waals surface area contributed by atoms with Crippen molar-refractivity contribution in [3.63, 3.8) is 0 Å². The fourth-order valence-corrected chi connectivity index (χ4v) is 6.27.